The lowest BCUT2D eigenvalue weighted by Crippen LogP contribution is -2.30. The second kappa shape index (κ2) is 7.90. The van der Waals surface area contributed by atoms with Crippen LogP contribution in [0.15, 0.2) is 42.5 Å². The SMILES string of the molecule is CC(=O)c1cccc(NC(=O)C(C)OC(=O)c2ccc(F)cc2Cl)c1. The van der Waals surface area contributed by atoms with E-state index in [-0.39, 0.29) is 16.4 Å². The van der Waals surface area contributed by atoms with E-state index in [1.807, 2.05) is 0 Å². The van der Waals surface area contributed by atoms with Gasteiger partial charge < -0.3 is 10.1 Å². The van der Waals surface area contributed by atoms with Crippen molar-refractivity contribution in [3.63, 3.8) is 0 Å². The first-order valence-electron chi connectivity index (χ1n) is 7.36. The molecule has 0 aliphatic carbocycles. The van der Waals surface area contributed by atoms with Crippen molar-refractivity contribution in [1.82, 2.24) is 0 Å². The van der Waals surface area contributed by atoms with Gasteiger partial charge in [0.05, 0.1) is 10.6 Å². The van der Waals surface area contributed by atoms with Gasteiger partial charge in [-0.15, -0.1) is 0 Å². The standard InChI is InChI=1S/C18H15ClFNO4/c1-10(22)12-4-3-5-14(8-12)21-17(23)11(2)25-18(24)15-7-6-13(20)9-16(15)19/h3-9,11H,1-2H3,(H,21,23). The number of ketones is 1. The number of benzene rings is 2. The molecule has 2 aromatic carbocycles. The summed E-state index contributed by atoms with van der Waals surface area (Å²) in [6, 6.07) is 9.61. The minimum Gasteiger partial charge on any atom is -0.449 e. The number of Topliss-reactive ketones (excluding diaryl/α,β-unsaturated/α-hetero) is 1. The Balaban J connectivity index is 2.03. The van der Waals surface area contributed by atoms with Crippen LogP contribution in [0.4, 0.5) is 10.1 Å². The monoisotopic (exact) mass is 363 g/mol. The molecule has 0 radical (unpaired) electrons. The number of ether oxygens (including phenoxy) is 1. The highest BCUT2D eigenvalue weighted by molar-refractivity contribution is 6.33. The molecule has 1 atom stereocenters. The fourth-order valence-electron chi connectivity index (χ4n) is 1.99. The zero-order valence-electron chi connectivity index (χ0n) is 13.5. The summed E-state index contributed by atoms with van der Waals surface area (Å²) in [4.78, 5) is 35.5. The van der Waals surface area contributed by atoms with E-state index in [0.717, 1.165) is 12.1 Å². The normalized spacial score (nSPS) is 11.5. The van der Waals surface area contributed by atoms with Crippen molar-refractivity contribution in [1.29, 1.82) is 0 Å². The van der Waals surface area contributed by atoms with Crippen LogP contribution < -0.4 is 5.32 Å². The molecule has 25 heavy (non-hydrogen) atoms. The summed E-state index contributed by atoms with van der Waals surface area (Å²) in [5, 5.41) is 2.45. The first-order valence-corrected chi connectivity index (χ1v) is 7.73. The minimum absolute atomic E-state index is 0.0405. The van der Waals surface area contributed by atoms with Gasteiger partial charge in [0.1, 0.15) is 5.82 Å². The number of hydrogen-bond acceptors (Lipinski definition) is 4. The minimum atomic E-state index is -1.12. The maximum absolute atomic E-state index is 13.0. The number of carbonyl (C=O) groups excluding carboxylic acids is 3. The van der Waals surface area contributed by atoms with Crippen molar-refractivity contribution in [2.24, 2.45) is 0 Å². The fraction of sp³-hybridized carbons (Fsp3) is 0.167. The summed E-state index contributed by atoms with van der Waals surface area (Å²) in [5.41, 5.74) is 0.808. The number of esters is 1. The molecule has 2 aromatic rings. The summed E-state index contributed by atoms with van der Waals surface area (Å²) >= 11 is 5.79. The molecule has 1 amide bonds. The quantitative estimate of drug-likeness (QED) is 0.646. The Labute approximate surface area is 148 Å². The van der Waals surface area contributed by atoms with E-state index >= 15 is 0 Å². The lowest BCUT2D eigenvalue weighted by molar-refractivity contribution is -0.123. The molecule has 0 aromatic heterocycles. The van der Waals surface area contributed by atoms with E-state index in [2.05, 4.69) is 5.32 Å². The van der Waals surface area contributed by atoms with Crippen LogP contribution in [0.5, 0.6) is 0 Å². The third-order valence-corrected chi connectivity index (χ3v) is 3.65. The molecule has 7 heteroatoms. The maximum atomic E-state index is 13.0. The topological polar surface area (TPSA) is 72.5 Å². The fourth-order valence-corrected chi connectivity index (χ4v) is 2.24. The van der Waals surface area contributed by atoms with Crippen LogP contribution in [0, 0.1) is 5.82 Å². The first-order chi connectivity index (χ1) is 11.8. The Morgan fingerprint density at radius 3 is 2.52 bits per heavy atom. The Morgan fingerprint density at radius 1 is 1.16 bits per heavy atom. The van der Waals surface area contributed by atoms with Gasteiger partial charge in [0.2, 0.25) is 0 Å². The summed E-state index contributed by atoms with van der Waals surface area (Å²) in [6.45, 7) is 2.80. The predicted octanol–water partition coefficient (Wildman–Crippen LogP) is 3.87. The summed E-state index contributed by atoms with van der Waals surface area (Å²) in [7, 11) is 0. The molecule has 0 saturated heterocycles. The second-order valence-electron chi connectivity index (χ2n) is 5.30. The van der Waals surface area contributed by atoms with Crippen molar-refractivity contribution in [3.05, 3.63) is 64.4 Å². The molecule has 1 N–H and O–H groups in total. The molecule has 130 valence electrons. The van der Waals surface area contributed by atoms with E-state index in [4.69, 9.17) is 16.3 Å². The molecule has 0 aliphatic rings. The molecule has 5 nitrogen and oxygen atoms in total. The smallest absolute Gasteiger partial charge is 0.340 e. The number of halogens is 2. The average molecular weight is 364 g/mol. The van der Waals surface area contributed by atoms with Crippen molar-refractivity contribution in [3.8, 4) is 0 Å². The highest BCUT2D eigenvalue weighted by Gasteiger charge is 2.21. The Morgan fingerprint density at radius 2 is 1.88 bits per heavy atom. The Bertz CT molecular complexity index is 838. The Kier molecular flexibility index (Phi) is 5.88. The number of amides is 1. The van der Waals surface area contributed by atoms with Gasteiger partial charge in [-0.3, -0.25) is 9.59 Å². The molecule has 0 bridgehead atoms. The zero-order valence-corrected chi connectivity index (χ0v) is 14.3. The van der Waals surface area contributed by atoms with Gasteiger partial charge in [-0.25, -0.2) is 9.18 Å². The van der Waals surface area contributed by atoms with Gasteiger partial charge in [-0.1, -0.05) is 23.7 Å². The van der Waals surface area contributed by atoms with Crippen LogP contribution in [0.1, 0.15) is 34.6 Å². The third kappa shape index (κ3) is 4.87. The lowest BCUT2D eigenvalue weighted by atomic mass is 10.1. The van der Waals surface area contributed by atoms with Crippen LogP contribution in [0.3, 0.4) is 0 Å². The largest absolute Gasteiger partial charge is 0.449 e. The van der Waals surface area contributed by atoms with Crippen LogP contribution in [-0.2, 0) is 9.53 Å². The van der Waals surface area contributed by atoms with Crippen LogP contribution in [0.2, 0.25) is 5.02 Å². The molecular weight excluding hydrogens is 349 g/mol. The van der Waals surface area contributed by atoms with E-state index in [0.29, 0.717) is 11.3 Å². The van der Waals surface area contributed by atoms with Crippen molar-refractivity contribution in [2.75, 3.05) is 5.32 Å². The molecule has 0 aliphatic heterocycles. The summed E-state index contributed by atoms with van der Waals surface area (Å²) in [6.07, 6.45) is -1.12. The molecule has 0 saturated carbocycles. The average Bonchev–Trinajstić information content (AvgIpc) is 2.54. The number of anilines is 1. The number of nitrogens with one attached hydrogen (secondary N) is 1. The highest BCUT2D eigenvalue weighted by atomic mass is 35.5. The third-order valence-electron chi connectivity index (χ3n) is 3.34. The van der Waals surface area contributed by atoms with Crippen molar-refractivity contribution >= 4 is 34.9 Å². The lowest BCUT2D eigenvalue weighted by Gasteiger charge is -2.14. The molecule has 0 fully saturated rings. The van der Waals surface area contributed by atoms with Gasteiger partial charge in [0, 0.05) is 11.3 Å². The van der Waals surface area contributed by atoms with Gasteiger partial charge >= 0.3 is 5.97 Å². The molecule has 1 unspecified atom stereocenters. The van der Waals surface area contributed by atoms with Crippen molar-refractivity contribution in [2.45, 2.75) is 20.0 Å². The van der Waals surface area contributed by atoms with E-state index < -0.39 is 23.8 Å². The number of rotatable bonds is 5. The van der Waals surface area contributed by atoms with E-state index in [1.165, 1.54) is 26.0 Å². The molecule has 2 rings (SSSR count). The molecule has 0 spiro atoms. The van der Waals surface area contributed by atoms with Crippen molar-refractivity contribution < 1.29 is 23.5 Å². The van der Waals surface area contributed by atoms with E-state index in [9.17, 15) is 18.8 Å². The van der Waals surface area contributed by atoms with Crippen LogP contribution in [-0.4, -0.2) is 23.8 Å². The molecular formula is C18H15ClFNO4. The number of hydrogen-bond donors (Lipinski definition) is 1. The van der Waals surface area contributed by atoms with Crippen LogP contribution >= 0.6 is 11.6 Å². The summed E-state index contributed by atoms with van der Waals surface area (Å²) in [5.74, 6) is -2.14. The number of carbonyl (C=O) groups is 3. The van der Waals surface area contributed by atoms with E-state index in [1.54, 1.807) is 18.2 Å². The van der Waals surface area contributed by atoms with Gasteiger partial charge in [-0.05, 0) is 44.2 Å². The first kappa shape index (κ1) is 18.6. The summed E-state index contributed by atoms with van der Waals surface area (Å²) < 4.78 is 18.1. The second-order valence-corrected chi connectivity index (χ2v) is 5.71. The predicted molar refractivity (Wildman–Crippen MR) is 91.4 cm³/mol. The van der Waals surface area contributed by atoms with Gasteiger partial charge in [0.15, 0.2) is 11.9 Å². The van der Waals surface area contributed by atoms with Gasteiger partial charge in [-0.2, -0.15) is 0 Å². The highest BCUT2D eigenvalue weighted by Crippen LogP contribution is 2.19. The maximum Gasteiger partial charge on any atom is 0.340 e. The molecule has 0 heterocycles. The van der Waals surface area contributed by atoms with Gasteiger partial charge in [0.25, 0.3) is 5.91 Å². The van der Waals surface area contributed by atoms with Crippen LogP contribution in [0.25, 0.3) is 0 Å². The Hall–Kier alpha value is -2.73. The zero-order chi connectivity index (χ0) is 18.6.